The summed E-state index contributed by atoms with van der Waals surface area (Å²) in [5, 5.41) is 2.61. The SMILES string of the molecule is O=C(NCCSc1ccc(OC(F)(F)F)cc1)OCc1ccccc1. The fourth-order valence-corrected chi connectivity index (χ4v) is 2.60. The van der Waals surface area contributed by atoms with E-state index in [-0.39, 0.29) is 12.4 Å². The molecule has 0 fully saturated rings. The van der Waals surface area contributed by atoms with Crippen LogP contribution in [-0.4, -0.2) is 24.8 Å². The zero-order valence-corrected chi connectivity index (χ0v) is 13.9. The average Bonchev–Trinajstić information content (AvgIpc) is 2.58. The average molecular weight is 371 g/mol. The lowest BCUT2D eigenvalue weighted by atomic mass is 10.2. The maximum Gasteiger partial charge on any atom is 0.573 e. The van der Waals surface area contributed by atoms with Crippen LogP contribution in [-0.2, 0) is 11.3 Å². The van der Waals surface area contributed by atoms with Crippen LogP contribution in [0.1, 0.15) is 5.56 Å². The number of ether oxygens (including phenoxy) is 2. The molecule has 134 valence electrons. The van der Waals surface area contributed by atoms with Gasteiger partial charge in [0.05, 0.1) is 0 Å². The molecule has 0 spiro atoms. The molecule has 1 N–H and O–H groups in total. The maximum absolute atomic E-state index is 12.1. The highest BCUT2D eigenvalue weighted by Gasteiger charge is 2.30. The Morgan fingerprint density at radius 2 is 1.72 bits per heavy atom. The molecule has 0 heterocycles. The summed E-state index contributed by atoms with van der Waals surface area (Å²) < 4.78 is 45.0. The third-order valence-corrected chi connectivity index (χ3v) is 3.92. The first-order valence-corrected chi connectivity index (χ1v) is 8.34. The van der Waals surface area contributed by atoms with Crippen LogP contribution in [0, 0.1) is 0 Å². The first-order chi connectivity index (χ1) is 11.9. The number of carbonyl (C=O) groups excluding carboxylic acids is 1. The summed E-state index contributed by atoms with van der Waals surface area (Å²) in [6, 6.07) is 14.9. The van der Waals surface area contributed by atoms with Crippen LogP contribution in [0.15, 0.2) is 59.5 Å². The van der Waals surface area contributed by atoms with Crippen molar-refractivity contribution in [3.05, 3.63) is 60.2 Å². The van der Waals surface area contributed by atoms with E-state index in [0.717, 1.165) is 10.5 Å². The van der Waals surface area contributed by atoms with Gasteiger partial charge in [-0.1, -0.05) is 30.3 Å². The maximum atomic E-state index is 12.1. The molecule has 0 atom stereocenters. The molecule has 0 aromatic heterocycles. The first kappa shape index (κ1) is 19.0. The van der Waals surface area contributed by atoms with Crippen molar-refractivity contribution in [1.29, 1.82) is 0 Å². The van der Waals surface area contributed by atoms with Crippen molar-refractivity contribution < 1.29 is 27.4 Å². The standard InChI is InChI=1S/C17H16F3NO3S/c18-17(19,20)24-14-6-8-15(9-7-14)25-11-10-21-16(22)23-12-13-4-2-1-3-5-13/h1-9H,10-12H2,(H,21,22). The zero-order valence-electron chi connectivity index (χ0n) is 13.1. The highest BCUT2D eigenvalue weighted by atomic mass is 32.2. The van der Waals surface area contributed by atoms with Gasteiger partial charge in [0, 0.05) is 17.2 Å². The number of benzene rings is 2. The lowest BCUT2D eigenvalue weighted by molar-refractivity contribution is -0.274. The van der Waals surface area contributed by atoms with E-state index in [1.165, 1.54) is 36.0 Å². The van der Waals surface area contributed by atoms with Crippen LogP contribution in [0.3, 0.4) is 0 Å². The second-order valence-electron chi connectivity index (χ2n) is 4.86. The van der Waals surface area contributed by atoms with E-state index in [0.29, 0.717) is 12.3 Å². The number of nitrogens with one attached hydrogen (secondary N) is 1. The fraction of sp³-hybridized carbons (Fsp3) is 0.235. The summed E-state index contributed by atoms with van der Waals surface area (Å²) >= 11 is 1.40. The predicted molar refractivity (Wildman–Crippen MR) is 88.5 cm³/mol. The Balaban J connectivity index is 1.63. The van der Waals surface area contributed by atoms with Crippen molar-refractivity contribution in [2.75, 3.05) is 12.3 Å². The van der Waals surface area contributed by atoms with Crippen molar-refractivity contribution in [1.82, 2.24) is 5.32 Å². The van der Waals surface area contributed by atoms with Crippen LogP contribution in [0.5, 0.6) is 5.75 Å². The van der Waals surface area contributed by atoms with E-state index >= 15 is 0 Å². The molecule has 0 saturated heterocycles. The van der Waals surface area contributed by atoms with E-state index in [9.17, 15) is 18.0 Å². The lowest BCUT2D eigenvalue weighted by Gasteiger charge is -2.09. The van der Waals surface area contributed by atoms with Crippen LogP contribution < -0.4 is 10.1 Å². The van der Waals surface area contributed by atoms with Gasteiger partial charge in [-0.25, -0.2) is 4.79 Å². The molecule has 0 radical (unpaired) electrons. The summed E-state index contributed by atoms with van der Waals surface area (Å²) in [5.74, 6) is 0.291. The van der Waals surface area contributed by atoms with E-state index in [1.54, 1.807) is 0 Å². The lowest BCUT2D eigenvalue weighted by Crippen LogP contribution is -2.26. The highest BCUT2D eigenvalue weighted by Crippen LogP contribution is 2.25. The molecule has 0 unspecified atom stereocenters. The van der Waals surface area contributed by atoms with Crippen molar-refractivity contribution >= 4 is 17.9 Å². The first-order valence-electron chi connectivity index (χ1n) is 7.35. The number of hydrogen-bond donors (Lipinski definition) is 1. The molecule has 2 rings (SSSR count). The molecule has 2 aromatic rings. The zero-order chi connectivity index (χ0) is 18.1. The number of carbonyl (C=O) groups is 1. The number of alkyl carbamates (subject to hydrolysis) is 1. The summed E-state index contributed by atoms with van der Waals surface area (Å²) in [6.07, 6.45) is -5.21. The van der Waals surface area contributed by atoms with Gasteiger partial charge in [0.1, 0.15) is 12.4 Å². The third kappa shape index (κ3) is 7.84. The summed E-state index contributed by atoms with van der Waals surface area (Å²) in [7, 11) is 0. The number of amides is 1. The smallest absolute Gasteiger partial charge is 0.445 e. The van der Waals surface area contributed by atoms with Crippen molar-refractivity contribution in [3.8, 4) is 5.75 Å². The monoisotopic (exact) mass is 371 g/mol. The fourth-order valence-electron chi connectivity index (χ4n) is 1.83. The second-order valence-corrected chi connectivity index (χ2v) is 6.02. The quantitative estimate of drug-likeness (QED) is 0.571. The van der Waals surface area contributed by atoms with E-state index in [4.69, 9.17) is 4.74 Å². The predicted octanol–water partition coefficient (Wildman–Crippen LogP) is 4.60. The van der Waals surface area contributed by atoms with Gasteiger partial charge in [-0.2, -0.15) is 0 Å². The highest BCUT2D eigenvalue weighted by molar-refractivity contribution is 7.99. The van der Waals surface area contributed by atoms with Crippen molar-refractivity contribution in [3.63, 3.8) is 0 Å². The van der Waals surface area contributed by atoms with E-state index in [2.05, 4.69) is 10.1 Å². The van der Waals surface area contributed by atoms with Gasteiger partial charge in [0.2, 0.25) is 0 Å². The molecule has 0 bridgehead atoms. The minimum absolute atomic E-state index is 0.195. The topological polar surface area (TPSA) is 47.6 Å². The molecule has 8 heteroatoms. The largest absolute Gasteiger partial charge is 0.573 e. The Bertz CT molecular complexity index is 663. The minimum atomic E-state index is -4.70. The summed E-state index contributed by atoms with van der Waals surface area (Å²) in [6.45, 7) is 0.569. The van der Waals surface area contributed by atoms with Gasteiger partial charge in [0.25, 0.3) is 0 Å². The van der Waals surface area contributed by atoms with Crippen LogP contribution in [0.4, 0.5) is 18.0 Å². The van der Waals surface area contributed by atoms with Gasteiger partial charge in [-0.05, 0) is 29.8 Å². The van der Waals surface area contributed by atoms with Gasteiger partial charge in [-0.3, -0.25) is 0 Å². The molecule has 0 saturated carbocycles. The molecule has 0 aliphatic rings. The van der Waals surface area contributed by atoms with E-state index in [1.807, 2.05) is 30.3 Å². The Hall–Kier alpha value is -2.35. The third-order valence-electron chi connectivity index (χ3n) is 2.91. The summed E-state index contributed by atoms with van der Waals surface area (Å²) in [4.78, 5) is 12.3. The van der Waals surface area contributed by atoms with Gasteiger partial charge in [-0.15, -0.1) is 24.9 Å². The number of alkyl halides is 3. The molecular formula is C17H16F3NO3S. The van der Waals surface area contributed by atoms with Crippen LogP contribution in [0.2, 0.25) is 0 Å². The van der Waals surface area contributed by atoms with E-state index < -0.39 is 12.5 Å². The van der Waals surface area contributed by atoms with Gasteiger partial charge >= 0.3 is 12.5 Å². The molecule has 1 amide bonds. The van der Waals surface area contributed by atoms with Crippen molar-refractivity contribution in [2.45, 2.75) is 17.9 Å². The van der Waals surface area contributed by atoms with Gasteiger partial charge in [0.15, 0.2) is 0 Å². The number of thioether (sulfide) groups is 1. The van der Waals surface area contributed by atoms with Crippen molar-refractivity contribution in [2.24, 2.45) is 0 Å². The normalized spacial score (nSPS) is 11.0. The Labute approximate surface area is 147 Å². The van der Waals surface area contributed by atoms with Crippen LogP contribution >= 0.6 is 11.8 Å². The molecular weight excluding hydrogens is 355 g/mol. The Morgan fingerprint density at radius 3 is 2.36 bits per heavy atom. The minimum Gasteiger partial charge on any atom is -0.445 e. The molecule has 0 aliphatic heterocycles. The Morgan fingerprint density at radius 1 is 1.04 bits per heavy atom. The molecule has 0 aliphatic carbocycles. The summed E-state index contributed by atoms with van der Waals surface area (Å²) in [5.41, 5.74) is 0.896. The number of hydrogen-bond acceptors (Lipinski definition) is 4. The number of halogens is 3. The number of rotatable bonds is 7. The molecule has 4 nitrogen and oxygen atoms in total. The molecule has 2 aromatic carbocycles. The second kappa shape index (κ2) is 9.22. The molecule has 25 heavy (non-hydrogen) atoms. The van der Waals surface area contributed by atoms with Crippen LogP contribution in [0.25, 0.3) is 0 Å². The van der Waals surface area contributed by atoms with Gasteiger partial charge < -0.3 is 14.8 Å². The Kier molecular flexibility index (Phi) is 7.00.